The molecule has 128 valence electrons. The van der Waals surface area contributed by atoms with Crippen molar-refractivity contribution in [2.75, 3.05) is 19.0 Å². The summed E-state index contributed by atoms with van der Waals surface area (Å²) < 4.78 is 0. The van der Waals surface area contributed by atoms with Crippen molar-refractivity contribution in [1.82, 2.24) is 0 Å². The Morgan fingerprint density at radius 1 is 0.846 bits per heavy atom. The predicted molar refractivity (Wildman–Crippen MR) is 106 cm³/mol. The second-order valence-corrected chi connectivity index (χ2v) is 6.58. The van der Waals surface area contributed by atoms with Gasteiger partial charge in [-0.05, 0) is 57.7 Å². The summed E-state index contributed by atoms with van der Waals surface area (Å²) in [5.74, 6) is 0. The van der Waals surface area contributed by atoms with E-state index in [4.69, 9.17) is 0 Å². The molecule has 3 aromatic rings. The number of anilines is 1. The fourth-order valence-electron chi connectivity index (χ4n) is 3.39. The van der Waals surface area contributed by atoms with Gasteiger partial charge >= 0.3 is 0 Å². The zero-order valence-electron chi connectivity index (χ0n) is 14.6. The highest BCUT2D eigenvalue weighted by Gasteiger charge is 2.25. The van der Waals surface area contributed by atoms with Crippen LogP contribution in [0.1, 0.15) is 16.7 Å². The maximum absolute atomic E-state index is 11.2. The molecule has 3 aromatic carbocycles. The summed E-state index contributed by atoms with van der Waals surface area (Å²) in [5.41, 5.74) is 7.53. The molecule has 26 heavy (non-hydrogen) atoms. The van der Waals surface area contributed by atoms with Crippen LogP contribution in [0.2, 0.25) is 0 Å². The first-order chi connectivity index (χ1) is 12.5. The predicted octanol–water partition coefficient (Wildman–Crippen LogP) is 5.23. The molecule has 0 aliphatic heterocycles. The van der Waals surface area contributed by atoms with E-state index in [1.807, 2.05) is 32.3 Å². The van der Waals surface area contributed by atoms with E-state index >= 15 is 0 Å². The molecular weight excluding hydrogens is 324 g/mol. The molecule has 4 rings (SSSR count). The summed E-state index contributed by atoms with van der Waals surface area (Å²) >= 11 is 0. The van der Waals surface area contributed by atoms with Gasteiger partial charge in [0, 0.05) is 31.9 Å². The molecule has 0 bridgehead atoms. The van der Waals surface area contributed by atoms with Gasteiger partial charge in [-0.3, -0.25) is 10.1 Å². The van der Waals surface area contributed by atoms with E-state index in [2.05, 4.69) is 47.4 Å². The van der Waals surface area contributed by atoms with Gasteiger partial charge < -0.3 is 4.90 Å². The third kappa shape index (κ3) is 2.65. The minimum Gasteiger partial charge on any atom is -0.378 e. The molecule has 0 saturated carbocycles. The van der Waals surface area contributed by atoms with Crippen LogP contribution in [0, 0.1) is 10.1 Å². The van der Waals surface area contributed by atoms with Gasteiger partial charge in [0.2, 0.25) is 0 Å². The first-order valence-electron chi connectivity index (χ1n) is 8.42. The van der Waals surface area contributed by atoms with E-state index in [1.54, 1.807) is 12.1 Å². The van der Waals surface area contributed by atoms with E-state index in [9.17, 15) is 10.1 Å². The molecule has 0 atom stereocenters. The molecule has 1 aliphatic carbocycles. The smallest absolute Gasteiger partial charge is 0.270 e. The van der Waals surface area contributed by atoms with E-state index in [1.165, 1.54) is 0 Å². The van der Waals surface area contributed by atoms with Crippen LogP contribution in [-0.4, -0.2) is 19.0 Å². The van der Waals surface area contributed by atoms with Gasteiger partial charge in [0.05, 0.1) is 4.92 Å². The van der Waals surface area contributed by atoms with Crippen molar-refractivity contribution in [1.29, 1.82) is 0 Å². The Balaban J connectivity index is 1.88. The van der Waals surface area contributed by atoms with Crippen LogP contribution in [-0.2, 0) is 0 Å². The number of nitro benzene ring substituents is 1. The lowest BCUT2D eigenvalue weighted by molar-refractivity contribution is -0.384. The van der Waals surface area contributed by atoms with Crippen LogP contribution in [0.5, 0.6) is 0 Å². The van der Waals surface area contributed by atoms with Gasteiger partial charge in [-0.2, -0.15) is 0 Å². The largest absolute Gasteiger partial charge is 0.378 e. The number of non-ortho nitro benzene ring substituents is 1. The highest BCUT2D eigenvalue weighted by Crippen LogP contribution is 2.46. The van der Waals surface area contributed by atoms with Crippen LogP contribution in [0.3, 0.4) is 0 Å². The molecule has 0 unspecified atom stereocenters. The van der Waals surface area contributed by atoms with Crippen molar-refractivity contribution >= 4 is 23.0 Å². The average molecular weight is 342 g/mol. The third-order valence-corrected chi connectivity index (χ3v) is 4.73. The molecule has 0 saturated heterocycles. The molecule has 0 heterocycles. The normalized spacial score (nSPS) is 13.4. The fraction of sp³-hybridized carbons (Fsp3) is 0.0909. The number of hydrogen-bond acceptors (Lipinski definition) is 3. The lowest BCUT2D eigenvalue weighted by Gasteiger charge is -2.12. The number of benzene rings is 3. The third-order valence-electron chi connectivity index (χ3n) is 4.73. The Bertz CT molecular complexity index is 1030. The van der Waals surface area contributed by atoms with E-state index in [0.29, 0.717) is 0 Å². The standard InChI is InChI=1S/C22H18N2O2/c1-23(2)16-9-7-15(8-10-16)13-21-19-6-4-3-5-18(19)20-12-11-17(24(25)26)14-22(20)21/h3-14H,1-2H3/b21-13-. The van der Waals surface area contributed by atoms with Crippen molar-refractivity contribution in [3.63, 3.8) is 0 Å². The number of nitrogens with zero attached hydrogens (tertiary/aromatic N) is 2. The molecule has 0 amide bonds. The average Bonchev–Trinajstić information content (AvgIpc) is 2.96. The van der Waals surface area contributed by atoms with E-state index < -0.39 is 0 Å². The van der Waals surface area contributed by atoms with E-state index in [0.717, 1.165) is 39.1 Å². The van der Waals surface area contributed by atoms with Crippen molar-refractivity contribution in [3.05, 3.63) is 93.5 Å². The summed E-state index contributed by atoms with van der Waals surface area (Å²) in [4.78, 5) is 12.9. The van der Waals surface area contributed by atoms with Gasteiger partial charge in [0.15, 0.2) is 0 Å². The van der Waals surface area contributed by atoms with Gasteiger partial charge in [-0.15, -0.1) is 0 Å². The van der Waals surface area contributed by atoms with Crippen molar-refractivity contribution in [2.24, 2.45) is 0 Å². The Kier molecular flexibility index (Phi) is 3.81. The van der Waals surface area contributed by atoms with Crippen LogP contribution < -0.4 is 4.90 Å². The summed E-state index contributed by atoms with van der Waals surface area (Å²) in [6.07, 6.45) is 2.10. The number of rotatable bonds is 3. The molecular formula is C22H18N2O2. The number of nitro groups is 1. The summed E-state index contributed by atoms with van der Waals surface area (Å²) in [5, 5.41) is 11.2. The fourth-order valence-corrected chi connectivity index (χ4v) is 3.39. The maximum atomic E-state index is 11.2. The molecule has 4 nitrogen and oxygen atoms in total. The Hall–Kier alpha value is -3.40. The first kappa shape index (κ1) is 16.1. The maximum Gasteiger partial charge on any atom is 0.270 e. The second kappa shape index (κ2) is 6.15. The summed E-state index contributed by atoms with van der Waals surface area (Å²) in [7, 11) is 4.02. The van der Waals surface area contributed by atoms with Crippen molar-refractivity contribution in [2.45, 2.75) is 0 Å². The van der Waals surface area contributed by atoms with Crippen molar-refractivity contribution < 1.29 is 4.92 Å². The lowest BCUT2D eigenvalue weighted by Crippen LogP contribution is -2.07. The SMILES string of the molecule is CN(C)c1ccc(/C=C2/c3ccccc3-c3ccc([N+](=O)[O-])cc32)cc1. The summed E-state index contributed by atoms with van der Waals surface area (Å²) in [6.45, 7) is 0. The zero-order chi connectivity index (χ0) is 18.3. The Morgan fingerprint density at radius 2 is 1.50 bits per heavy atom. The highest BCUT2D eigenvalue weighted by atomic mass is 16.6. The lowest BCUT2D eigenvalue weighted by atomic mass is 10.0. The minimum atomic E-state index is -0.341. The number of fused-ring (bicyclic) bond motifs is 3. The highest BCUT2D eigenvalue weighted by molar-refractivity contribution is 6.07. The topological polar surface area (TPSA) is 46.4 Å². The summed E-state index contributed by atoms with van der Waals surface area (Å²) in [6, 6.07) is 21.5. The number of hydrogen-bond donors (Lipinski definition) is 0. The molecule has 0 spiro atoms. The van der Waals surface area contributed by atoms with Crippen LogP contribution in [0.25, 0.3) is 22.8 Å². The van der Waals surface area contributed by atoms with Gasteiger partial charge in [0.1, 0.15) is 0 Å². The van der Waals surface area contributed by atoms with Gasteiger partial charge in [-0.25, -0.2) is 0 Å². The van der Waals surface area contributed by atoms with Crippen LogP contribution in [0.4, 0.5) is 11.4 Å². The molecule has 0 fully saturated rings. The molecule has 0 N–H and O–H groups in total. The zero-order valence-corrected chi connectivity index (χ0v) is 14.6. The van der Waals surface area contributed by atoms with Gasteiger partial charge in [0.25, 0.3) is 5.69 Å². The van der Waals surface area contributed by atoms with Gasteiger partial charge in [-0.1, -0.05) is 36.4 Å². The molecule has 0 radical (unpaired) electrons. The first-order valence-corrected chi connectivity index (χ1v) is 8.42. The van der Waals surface area contributed by atoms with Crippen LogP contribution >= 0.6 is 0 Å². The monoisotopic (exact) mass is 342 g/mol. The molecule has 1 aliphatic rings. The minimum absolute atomic E-state index is 0.116. The molecule has 0 aromatic heterocycles. The molecule has 4 heteroatoms. The second-order valence-electron chi connectivity index (χ2n) is 6.58. The van der Waals surface area contributed by atoms with E-state index in [-0.39, 0.29) is 10.6 Å². The quantitative estimate of drug-likeness (QED) is 0.378. The Labute approximate surface area is 152 Å². The van der Waals surface area contributed by atoms with Crippen LogP contribution in [0.15, 0.2) is 66.7 Å². The Morgan fingerprint density at radius 3 is 2.15 bits per heavy atom. The van der Waals surface area contributed by atoms with Crippen molar-refractivity contribution in [3.8, 4) is 11.1 Å².